The Labute approximate surface area is 150 Å². The van der Waals surface area contributed by atoms with Crippen molar-refractivity contribution in [2.24, 2.45) is 0 Å². The third-order valence-corrected chi connectivity index (χ3v) is 4.76. The largest absolute Gasteiger partial charge is 0.338 e. The van der Waals surface area contributed by atoms with Gasteiger partial charge in [0.15, 0.2) is 0 Å². The molecule has 1 unspecified atom stereocenters. The van der Waals surface area contributed by atoms with Crippen molar-refractivity contribution in [3.05, 3.63) is 71.8 Å². The smallest absolute Gasteiger partial charge is 0.314 e. The molecule has 0 spiro atoms. The number of likely N-dealkylation sites (tertiary alicyclic amines) is 1. The molecule has 1 heterocycles. The molecule has 0 radical (unpaired) electrons. The second-order valence-electron chi connectivity index (χ2n) is 6.54. The van der Waals surface area contributed by atoms with Crippen LogP contribution < -0.4 is 10.6 Å². The van der Waals surface area contributed by atoms with Gasteiger partial charge in [0.25, 0.3) is 0 Å². The highest BCUT2D eigenvalue weighted by Crippen LogP contribution is 2.24. The minimum atomic E-state index is -0.0870. The summed E-state index contributed by atoms with van der Waals surface area (Å²) in [7, 11) is 0. The van der Waals surface area contributed by atoms with Gasteiger partial charge >= 0.3 is 6.03 Å². The van der Waals surface area contributed by atoms with Crippen molar-refractivity contribution in [3.63, 3.8) is 0 Å². The molecule has 4 nitrogen and oxygen atoms in total. The first-order valence-corrected chi connectivity index (χ1v) is 9.17. The van der Waals surface area contributed by atoms with E-state index in [-0.39, 0.29) is 12.1 Å². The summed E-state index contributed by atoms with van der Waals surface area (Å²) >= 11 is 0. The predicted octanol–water partition coefficient (Wildman–Crippen LogP) is 3.37. The maximum atomic E-state index is 12.1. The van der Waals surface area contributed by atoms with Crippen molar-refractivity contribution >= 4 is 6.03 Å². The predicted molar refractivity (Wildman–Crippen MR) is 102 cm³/mol. The average molecular weight is 337 g/mol. The van der Waals surface area contributed by atoms with E-state index in [2.05, 4.69) is 51.9 Å². The molecule has 1 saturated heterocycles. The molecule has 25 heavy (non-hydrogen) atoms. The van der Waals surface area contributed by atoms with Gasteiger partial charge in [-0.05, 0) is 43.5 Å². The fraction of sp³-hybridized carbons (Fsp3) is 0.381. The molecule has 0 aromatic heterocycles. The van der Waals surface area contributed by atoms with Crippen LogP contribution in [0, 0.1) is 0 Å². The number of nitrogens with one attached hydrogen (secondary N) is 2. The van der Waals surface area contributed by atoms with E-state index in [0.29, 0.717) is 13.1 Å². The number of amides is 2. The van der Waals surface area contributed by atoms with Crippen molar-refractivity contribution in [2.45, 2.75) is 25.3 Å². The first kappa shape index (κ1) is 17.5. The highest BCUT2D eigenvalue weighted by atomic mass is 16.2. The lowest BCUT2D eigenvalue weighted by Gasteiger charge is -2.28. The van der Waals surface area contributed by atoms with Crippen LogP contribution in [0.25, 0.3) is 0 Å². The number of carbonyl (C=O) groups excluding carboxylic acids is 1. The minimum absolute atomic E-state index is 0.0870. The van der Waals surface area contributed by atoms with Crippen LogP contribution in [0.1, 0.15) is 30.0 Å². The summed E-state index contributed by atoms with van der Waals surface area (Å²) < 4.78 is 0. The highest BCUT2D eigenvalue weighted by molar-refractivity contribution is 5.73. The van der Waals surface area contributed by atoms with Crippen molar-refractivity contribution in [2.75, 3.05) is 26.2 Å². The maximum absolute atomic E-state index is 12.1. The van der Waals surface area contributed by atoms with E-state index in [9.17, 15) is 4.79 Å². The molecule has 2 aromatic rings. The fourth-order valence-electron chi connectivity index (χ4n) is 3.40. The Morgan fingerprint density at radius 3 is 2.24 bits per heavy atom. The molecule has 3 rings (SSSR count). The molecular formula is C21H27N3O. The normalized spacial score (nSPS) is 15.7. The highest BCUT2D eigenvalue weighted by Gasteiger charge is 2.23. The molecular weight excluding hydrogens is 310 g/mol. The second kappa shape index (κ2) is 9.23. The average Bonchev–Trinajstić information content (AvgIpc) is 3.18. The van der Waals surface area contributed by atoms with E-state index in [4.69, 9.17) is 0 Å². The van der Waals surface area contributed by atoms with Gasteiger partial charge in [-0.3, -0.25) is 4.90 Å². The topological polar surface area (TPSA) is 44.4 Å². The molecule has 2 aromatic carbocycles. The standard InChI is InChI=1S/C21H27N3O/c25-21(22-14-13-18-9-3-1-4-10-18)23-17-20(24-15-7-8-16-24)19-11-5-2-6-12-19/h1-6,9-12,20H,7-8,13-17H2,(H2,22,23,25). The summed E-state index contributed by atoms with van der Waals surface area (Å²) in [5.74, 6) is 0. The third-order valence-electron chi connectivity index (χ3n) is 4.76. The zero-order valence-electron chi connectivity index (χ0n) is 14.7. The van der Waals surface area contributed by atoms with E-state index in [1.807, 2.05) is 24.3 Å². The lowest BCUT2D eigenvalue weighted by molar-refractivity contribution is 0.221. The van der Waals surface area contributed by atoms with E-state index >= 15 is 0 Å². The molecule has 0 bridgehead atoms. The van der Waals surface area contributed by atoms with Gasteiger partial charge in [-0.2, -0.15) is 0 Å². The molecule has 1 atom stereocenters. The summed E-state index contributed by atoms with van der Waals surface area (Å²) in [6, 6.07) is 20.9. The summed E-state index contributed by atoms with van der Waals surface area (Å²) in [6.45, 7) is 3.50. The van der Waals surface area contributed by atoms with Gasteiger partial charge in [-0.15, -0.1) is 0 Å². The Kier molecular flexibility index (Phi) is 6.46. The lowest BCUT2D eigenvalue weighted by Crippen LogP contribution is -2.42. The Morgan fingerprint density at radius 1 is 0.920 bits per heavy atom. The molecule has 2 N–H and O–H groups in total. The Bertz CT molecular complexity index is 639. The number of rotatable bonds is 7. The van der Waals surface area contributed by atoms with Crippen LogP contribution in [0.2, 0.25) is 0 Å². The summed E-state index contributed by atoms with van der Waals surface area (Å²) in [4.78, 5) is 14.6. The van der Waals surface area contributed by atoms with Gasteiger partial charge in [0, 0.05) is 13.1 Å². The molecule has 4 heteroatoms. The second-order valence-corrected chi connectivity index (χ2v) is 6.54. The van der Waals surface area contributed by atoms with Gasteiger partial charge in [0.05, 0.1) is 6.04 Å². The van der Waals surface area contributed by atoms with Crippen LogP contribution >= 0.6 is 0 Å². The number of hydrogen-bond acceptors (Lipinski definition) is 2. The monoisotopic (exact) mass is 337 g/mol. The molecule has 0 aliphatic carbocycles. The van der Waals surface area contributed by atoms with Gasteiger partial charge in [-0.1, -0.05) is 60.7 Å². The van der Waals surface area contributed by atoms with Gasteiger partial charge in [0.1, 0.15) is 0 Å². The third kappa shape index (κ3) is 5.33. The van der Waals surface area contributed by atoms with Crippen molar-refractivity contribution in [3.8, 4) is 0 Å². The quantitative estimate of drug-likeness (QED) is 0.814. The Hall–Kier alpha value is -2.33. The molecule has 1 aliphatic rings. The molecule has 1 aliphatic heterocycles. The van der Waals surface area contributed by atoms with Crippen LogP contribution in [0.15, 0.2) is 60.7 Å². The summed E-state index contributed by atoms with van der Waals surface area (Å²) in [6.07, 6.45) is 3.34. The maximum Gasteiger partial charge on any atom is 0.314 e. The van der Waals surface area contributed by atoms with Crippen LogP contribution in [-0.4, -0.2) is 37.1 Å². The molecule has 1 fully saturated rings. The van der Waals surface area contributed by atoms with Crippen molar-refractivity contribution < 1.29 is 4.79 Å². The van der Waals surface area contributed by atoms with E-state index in [1.165, 1.54) is 24.0 Å². The van der Waals surface area contributed by atoms with Crippen LogP contribution in [0.3, 0.4) is 0 Å². The first-order chi connectivity index (χ1) is 12.3. The van der Waals surface area contributed by atoms with Crippen molar-refractivity contribution in [1.82, 2.24) is 15.5 Å². The Morgan fingerprint density at radius 2 is 1.56 bits per heavy atom. The van der Waals surface area contributed by atoms with Crippen LogP contribution in [-0.2, 0) is 6.42 Å². The molecule has 0 saturated carbocycles. The SMILES string of the molecule is O=C(NCCc1ccccc1)NCC(c1ccccc1)N1CCCC1. The van der Waals surface area contributed by atoms with Gasteiger partial charge in [-0.25, -0.2) is 4.79 Å². The van der Waals surface area contributed by atoms with E-state index in [1.54, 1.807) is 0 Å². The number of nitrogens with zero attached hydrogens (tertiary/aromatic N) is 1. The first-order valence-electron chi connectivity index (χ1n) is 9.17. The summed E-state index contributed by atoms with van der Waals surface area (Å²) in [5, 5.41) is 6.01. The summed E-state index contributed by atoms with van der Waals surface area (Å²) in [5.41, 5.74) is 2.51. The number of hydrogen-bond donors (Lipinski definition) is 2. The van der Waals surface area contributed by atoms with Gasteiger partial charge in [0.2, 0.25) is 0 Å². The fourth-order valence-corrected chi connectivity index (χ4v) is 3.40. The van der Waals surface area contributed by atoms with E-state index in [0.717, 1.165) is 19.5 Å². The lowest BCUT2D eigenvalue weighted by atomic mass is 10.1. The number of carbonyl (C=O) groups is 1. The number of benzene rings is 2. The molecule has 132 valence electrons. The van der Waals surface area contributed by atoms with E-state index < -0.39 is 0 Å². The van der Waals surface area contributed by atoms with Crippen LogP contribution in [0.4, 0.5) is 4.79 Å². The minimum Gasteiger partial charge on any atom is -0.338 e. The van der Waals surface area contributed by atoms with Crippen molar-refractivity contribution in [1.29, 1.82) is 0 Å². The number of urea groups is 1. The zero-order chi connectivity index (χ0) is 17.3. The Balaban J connectivity index is 1.48. The zero-order valence-corrected chi connectivity index (χ0v) is 14.7. The van der Waals surface area contributed by atoms with Crippen LogP contribution in [0.5, 0.6) is 0 Å². The molecule has 2 amide bonds. The van der Waals surface area contributed by atoms with Gasteiger partial charge < -0.3 is 10.6 Å².